The molecule has 23 heavy (non-hydrogen) atoms. The Kier molecular flexibility index (Phi) is 4.87. The summed E-state index contributed by atoms with van der Waals surface area (Å²) in [5.74, 6) is 0.840. The molecule has 0 atom stereocenters. The van der Waals surface area contributed by atoms with Gasteiger partial charge in [0.05, 0.1) is 11.7 Å². The van der Waals surface area contributed by atoms with Crippen LogP contribution < -0.4 is 5.32 Å². The Balaban J connectivity index is 1.91. The van der Waals surface area contributed by atoms with Gasteiger partial charge in [0.25, 0.3) is 0 Å². The summed E-state index contributed by atoms with van der Waals surface area (Å²) in [5.41, 5.74) is 2.96. The maximum atomic E-state index is 9.68. The third kappa shape index (κ3) is 3.67. The molecule has 0 radical (unpaired) electrons. The number of aryl methyl sites for hydroxylation is 2. The maximum Gasteiger partial charge on any atom is 0.189 e. The number of hydrogen-bond acceptors (Lipinski definition) is 6. The second kappa shape index (κ2) is 6.88. The van der Waals surface area contributed by atoms with E-state index >= 15 is 0 Å². The van der Waals surface area contributed by atoms with Gasteiger partial charge in [-0.3, -0.25) is 4.68 Å². The molecule has 0 unspecified atom stereocenters. The minimum atomic E-state index is -0.155. The standard InChI is InChI=1S/C16H23N5OS/c1-10-9-21(2)20-14(10)13-8-17-16(23-3)19-15(13)18-11-4-6-12(22)7-5-11/h8-9,11-12,22H,4-7H2,1-3H3,(H,17,18,19)/t11-,12-. The lowest BCUT2D eigenvalue weighted by atomic mass is 9.93. The molecule has 1 saturated carbocycles. The van der Waals surface area contributed by atoms with Crippen LogP contribution in [-0.2, 0) is 7.05 Å². The van der Waals surface area contributed by atoms with Gasteiger partial charge >= 0.3 is 0 Å². The number of aromatic nitrogens is 4. The van der Waals surface area contributed by atoms with Crippen LogP contribution in [0.4, 0.5) is 5.82 Å². The molecule has 7 heteroatoms. The van der Waals surface area contributed by atoms with Gasteiger partial charge in [0, 0.05) is 25.5 Å². The van der Waals surface area contributed by atoms with E-state index < -0.39 is 0 Å². The predicted octanol–water partition coefficient (Wildman–Crippen LogP) is 2.62. The lowest BCUT2D eigenvalue weighted by molar-refractivity contribution is 0.126. The number of aliphatic hydroxyl groups is 1. The summed E-state index contributed by atoms with van der Waals surface area (Å²) in [6.45, 7) is 2.05. The Morgan fingerprint density at radius 2 is 2.04 bits per heavy atom. The summed E-state index contributed by atoms with van der Waals surface area (Å²) in [6.07, 6.45) is 9.28. The van der Waals surface area contributed by atoms with Crippen molar-refractivity contribution in [3.63, 3.8) is 0 Å². The lowest BCUT2D eigenvalue weighted by Crippen LogP contribution is -2.28. The van der Waals surface area contributed by atoms with E-state index in [2.05, 4.69) is 20.4 Å². The molecular weight excluding hydrogens is 310 g/mol. The quantitative estimate of drug-likeness (QED) is 0.662. The van der Waals surface area contributed by atoms with E-state index in [1.54, 1.807) is 0 Å². The van der Waals surface area contributed by atoms with Gasteiger partial charge in [0.2, 0.25) is 0 Å². The number of aliphatic hydroxyl groups excluding tert-OH is 1. The highest BCUT2D eigenvalue weighted by atomic mass is 32.2. The minimum absolute atomic E-state index is 0.155. The molecule has 1 fully saturated rings. The summed E-state index contributed by atoms with van der Waals surface area (Å²) in [5, 5.41) is 18.5. The Hall–Kier alpha value is -1.60. The van der Waals surface area contributed by atoms with Crippen LogP contribution in [0.3, 0.4) is 0 Å². The van der Waals surface area contributed by atoms with E-state index in [9.17, 15) is 5.11 Å². The van der Waals surface area contributed by atoms with Crippen LogP contribution in [0, 0.1) is 6.92 Å². The third-order valence-electron chi connectivity index (χ3n) is 4.25. The molecule has 0 amide bonds. The monoisotopic (exact) mass is 333 g/mol. The van der Waals surface area contributed by atoms with Gasteiger partial charge in [-0.1, -0.05) is 11.8 Å². The van der Waals surface area contributed by atoms with Gasteiger partial charge in [-0.25, -0.2) is 9.97 Å². The molecule has 6 nitrogen and oxygen atoms in total. The average Bonchev–Trinajstić information content (AvgIpc) is 2.88. The fourth-order valence-corrected chi connectivity index (χ4v) is 3.37. The Bertz CT molecular complexity index is 679. The van der Waals surface area contributed by atoms with Crippen LogP contribution in [0.15, 0.2) is 17.6 Å². The molecule has 3 rings (SSSR count). The number of hydrogen-bond donors (Lipinski definition) is 2. The van der Waals surface area contributed by atoms with Gasteiger partial charge in [0.1, 0.15) is 11.5 Å². The fourth-order valence-electron chi connectivity index (χ4n) is 3.03. The topological polar surface area (TPSA) is 75.9 Å². The first-order valence-corrected chi connectivity index (χ1v) is 9.15. The summed E-state index contributed by atoms with van der Waals surface area (Å²) in [6, 6.07) is 0.339. The Labute approximate surface area is 140 Å². The number of thioether (sulfide) groups is 1. The summed E-state index contributed by atoms with van der Waals surface area (Å²) < 4.78 is 1.81. The minimum Gasteiger partial charge on any atom is -0.393 e. The zero-order valence-corrected chi connectivity index (χ0v) is 14.6. The van der Waals surface area contributed by atoms with E-state index in [0.717, 1.165) is 53.5 Å². The van der Waals surface area contributed by atoms with Crippen LogP contribution >= 0.6 is 11.8 Å². The van der Waals surface area contributed by atoms with Gasteiger partial charge in [0.15, 0.2) is 5.16 Å². The summed E-state index contributed by atoms with van der Waals surface area (Å²) in [4.78, 5) is 9.07. The molecule has 2 aromatic heterocycles. The van der Waals surface area contributed by atoms with Crippen molar-refractivity contribution in [3.05, 3.63) is 18.0 Å². The van der Waals surface area contributed by atoms with Crippen molar-refractivity contribution in [1.29, 1.82) is 0 Å². The molecule has 0 aromatic carbocycles. The van der Waals surface area contributed by atoms with Gasteiger partial charge < -0.3 is 10.4 Å². The zero-order valence-electron chi connectivity index (χ0n) is 13.8. The fraction of sp³-hybridized carbons (Fsp3) is 0.562. The van der Waals surface area contributed by atoms with E-state index in [1.807, 2.05) is 37.3 Å². The first-order valence-electron chi connectivity index (χ1n) is 7.93. The van der Waals surface area contributed by atoms with Crippen molar-refractivity contribution < 1.29 is 5.11 Å². The maximum absolute atomic E-state index is 9.68. The normalized spacial score (nSPS) is 21.4. The number of anilines is 1. The zero-order chi connectivity index (χ0) is 16.4. The van der Waals surface area contributed by atoms with Crippen LogP contribution in [-0.4, -0.2) is 43.3 Å². The van der Waals surface area contributed by atoms with Crippen molar-refractivity contribution in [1.82, 2.24) is 19.7 Å². The van der Waals surface area contributed by atoms with Crippen molar-refractivity contribution in [2.45, 2.75) is 49.9 Å². The molecule has 1 aliphatic rings. The SMILES string of the molecule is CSc1ncc(-c2nn(C)cc2C)c(N[C@H]2CC[C@H](O)CC2)n1. The first kappa shape index (κ1) is 16.3. The number of nitrogens with zero attached hydrogens (tertiary/aromatic N) is 4. The lowest BCUT2D eigenvalue weighted by Gasteiger charge is -2.27. The highest BCUT2D eigenvalue weighted by Crippen LogP contribution is 2.31. The second-order valence-electron chi connectivity index (χ2n) is 6.10. The predicted molar refractivity (Wildman–Crippen MR) is 92.6 cm³/mol. The van der Waals surface area contributed by atoms with Crippen LogP contribution in [0.2, 0.25) is 0 Å². The highest BCUT2D eigenvalue weighted by Gasteiger charge is 2.22. The first-order chi connectivity index (χ1) is 11.1. The van der Waals surface area contributed by atoms with Crippen LogP contribution in [0.5, 0.6) is 0 Å². The van der Waals surface area contributed by atoms with Crippen molar-refractivity contribution in [3.8, 4) is 11.3 Å². The van der Waals surface area contributed by atoms with Crippen LogP contribution in [0.25, 0.3) is 11.3 Å². The third-order valence-corrected chi connectivity index (χ3v) is 4.82. The average molecular weight is 333 g/mol. The molecule has 2 heterocycles. The molecule has 124 valence electrons. The molecule has 0 spiro atoms. The van der Waals surface area contributed by atoms with E-state index in [-0.39, 0.29) is 6.10 Å². The van der Waals surface area contributed by atoms with Crippen LogP contribution in [0.1, 0.15) is 31.2 Å². The van der Waals surface area contributed by atoms with E-state index in [0.29, 0.717) is 6.04 Å². The molecule has 0 bridgehead atoms. The van der Waals surface area contributed by atoms with E-state index in [4.69, 9.17) is 0 Å². The van der Waals surface area contributed by atoms with Crippen molar-refractivity contribution in [2.75, 3.05) is 11.6 Å². The molecular formula is C16H23N5OS. The summed E-state index contributed by atoms with van der Waals surface area (Å²) >= 11 is 1.53. The Morgan fingerprint density at radius 1 is 1.30 bits per heavy atom. The summed E-state index contributed by atoms with van der Waals surface area (Å²) in [7, 11) is 1.92. The second-order valence-corrected chi connectivity index (χ2v) is 6.88. The molecule has 2 N–H and O–H groups in total. The van der Waals surface area contributed by atoms with Crippen molar-refractivity contribution >= 4 is 17.6 Å². The molecule has 1 aliphatic carbocycles. The number of rotatable bonds is 4. The molecule has 0 saturated heterocycles. The largest absolute Gasteiger partial charge is 0.393 e. The van der Waals surface area contributed by atoms with Gasteiger partial charge in [-0.05, 0) is 44.4 Å². The van der Waals surface area contributed by atoms with E-state index in [1.165, 1.54) is 11.8 Å². The van der Waals surface area contributed by atoms with Crippen molar-refractivity contribution in [2.24, 2.45) is 7.05 Å². The number of nitrogens with one attached hydrogen (secondary N) is 1. The highest BCUT2D eigenvalue weighted by molar-refractivity contribution is 7.98. The molecule has 0 aliphatic heterocycles. The van der Waals surface area contributed by atoms with Gasteiger partial charge in [-0.15, -0.1) is 0 Å². The Morgan fingerprint density at radius 3 is 2.65 bits per heavy atom. The van der Waals surface area contributed by atoms with Gasteiger partial charge in [-0.2, -0.15) is 5.10 Å². The smallest absolute Gasteiger partial charge is 0.189 e. The molecule has 2 aromatic rings.